The molecule has 3 saturated heterocycles. The molecule has 3 fully saturated rings. The molecular weight excluding hydrogens is 172 g/mol. The Balaban J connectivity index is 1.76. The molecule has 0 N–H and O–H groups in total. The van der Waals surface area contributed by atoms with Crippen LogP contribution in [0.1, 0.15) is 25.7 Å². The summed E-state index contributed by atoms with van der Waals surface area (Å²) >= 11 is 0. The molecular formula is C12H22N2. The predicted molar refractivity (Wildman–Crippen MR) is 58.3 cm³/mol. The fourth-order valence-corrected chi connectivity index (χ4v) is 4.01. The van der Waals surface area contributed by atoms with E-state index in [9.17, 15) is 0 Å². The molecule has 3 aliphatic rings. The Labute approximate surface area is 87.3 Å². The zero-order chi connectivity index (χ0) is 9.54. The minimum atomic E-state index is 0.947. The summed E-state index contributed by atoms with van der Waals surface area (Å²) in [5.41, 5.74) is 0. The van der Waals surface area contributed by atoms with Crippen LogP contribution in [0.3, 0.4) is 0 Å². The molecule has 3 heterocycles. The lowest BCUT2D eigenvalue weighted by Gasteiger charge is -2.52. The molecule has 0 radical (unpaired) electrons. The SMILES string of the molecule is CN1CC2C[C@H](C1)[C@H]1CCCCN1C2. The fraction of sp³-hybridized carbons (Fsp3) is 1.00. The molecule has 0 aromatic heterocycles. The van der Waals surface area contributed by atoms with Gasteiger partial charge in [-0.05, 0) is 44.7 Å². The van der Waals surface area contributed by atoms with Crippen LogP contribution in [-0.4, -0.2) is 49.1 Å². The molecule has 80 valence electrons. The number of fused-ring (bicyclic) bond motifs is 4. The molecule has 14 heavy (non-hydrogen) atoms. The third-order valence-corrected chi connectivity index (χ3v) is 4.45. The second kappa shape index (κ2) is 3.49. The van der Waals surface area contributed by atoms with Crippen molar-refractivity contribution in [3.63, 3.8) is 0 Å². The largest absolute Gasteiger partial charge is 0.306 e. The molecule has 0 aromatic rings. The second-order valence-corrected chi connectivity index (χ2v) is 5.64. The van der Waals surface area contributed by atoms with Gasteiger partial charge < -0.3 is 4.90 Å². The van der Waals surface area contributed by atoms with Gasteiger partial charge in [0, 0.05) is 25.7 Å². The number of hydrogen-bond acceptors (Lipinski definition) is 2. The Hall–Kier alpha value is -0.0800. The maximum Gasteiger partial charge on any atom is 0.0136 e. The van der Waals surface area contributed by atoms with E-state index in [1.165, 1.54) is 51.9 Å². The summed E-state index contributed by atoms with van der Waals surface area (Å²) in [6, 6.07) is 0.947. The van der Waals surface area contributed by atoms with E-state index in [0.717, 1.165) is 17.9 Å². The Morgan fingerprint density at radius 1 is 1.07 bits per heavy atom. The lowest BCUT2D eigenvalue weighted by molar-refractivity contribution is -0.0231. The van der Waals surface area contributed by atoms with Gasteiger partial charge in [-0.15, -0.1) is 0 Å². The van der Waals surface area contributed by atoms with Crippen LogP contribution in [0, 0.1) is 11.8 Å². The van der Waals surface area contributed by atoms with E-state index < -0.39 is 0 Å². The quantitative estimate of drug-likeness (QED) is 0.575. The molecule has 3 rings (SSSR count). The molecule has 3 atom stereocenters. The summed E-state index contributed by atoms with van der Waals surface area (Å²) in [5, 5.41) is 0. The maximum absolute atomic E-state index is 2.80. The molecule has 3 aliphatic heterocycles. The Kier molecular flexibility index (Phi) is 2.29. The highest BCUT2D eigenvalue weighted by Crippen LogP contribution is 2.36. The first-order valence-electron chi connectivity index (χ1n) is 6.25. The second-order valence-electron chi connectivity index (χ2n) is 5.64. The van der Waals surface area contributed by atoms with Crippen LogP contribution in [0.15, 0.2) is 0 Å². The van der Waals surface area contributed by atoms with Crippen LogP contribution < -0.4 is 0 Å². The third kappa shape index (κ3) is 1.49. The van der Waals surface area contributed by atoms with Crippen molar-refractivity contribution in [3.05, 3.63) is 0 Å². The summed E-state index contributed by atoms with van der Waals surface area (Å²) in [4.78, 5) is 5.36. The van der Waals surface area contributed by atoms with E-state index >= 15 is 0 Å². The summed E-state index contributed by atoms with van der Waals surface area (Å²) in [5.74, 6) is 1.97. The third-order valence-electron chi connectivity index (χ3n) is 4.45. The zero-order valence-electron chi connectivity index (χ0n) is 9.28. The van der Waals surface area contributed by atoms with Gasteiger partial charge in [-0.2, -0.15) is 0 Å². The van der Waals surface area contributed by atoms with Crippen molar-refractivity contribution in [2.75, 3.05) is 33.2 Å². The fourth-order valence-electron chi connectivity index (χ4n) is 4.01. The number of rotatable bonds is 0. The van der Waals surface area contributed by atoms with Gasteiger partial charge in [0.05, 0.1) is 0 Å². The van der Waals surface area contributed by atoms with Gasteiger partial charge in [-0.1, -0.05) is 6.42 Å². The van der Waals surface area contributed by atoms with Crippen LogP contribution in [0.5, 0.6) is 0 Å². The van der Waals surface area contributed by atoms with E-state index in [1.807, 2.05) is 0 Å². The molecule has 2 nitrogen and oxygen atoms in total. The monoisotopic (exact) mass is 194 g/mol. The van der Waals surface area contributed by atoms with E-state index in [2.05, 4.69) is 16.8 Å². The van der Waals surface area contributed by atoms with Gasteiger partial charge in [0.25, 0.3) is 0 Å². The molecule has 0 amide bonds. The van der Waals surface area contributed by atoms with Gasteiger partial charge in [0.15, 0.2) is 0 Å². The van der Waals surface area contributed by atoms with Gasteiger partial charge in [0.1, 0.15) is 0 Å². The molecule has 2 heteroatoms. The number of hydrogen-bond donors (Lipinski definition) is 0. The molecule has 1 unspecified atom stereocenters. The van der Waals surface area contributed by atoms with Gasteiger partial charge in [0.2, 0.25) is 0 Å². The highest BCUT2D eigenvalue weighted by Gasteiger charge is 2.40. The minimum Gasteiger partial charge on any atom is -0.306 e. The lowest BCUT2D eigenvalue weighted by Crippen LogP contribution is -2.58. The Morgan fingerprint density at radius 2 is 2.00 bits per heavy atom. The van der Waals surface area contributed by atoms with Crippen molar-refractivity contribution in [2.45, 2.75) is 31.7 Å². The Morgan fingerprint density at radius 3 is 2.93 bits per heavy atom. The highest BCUT2D eigenvalue weighted by atomic mass is 15.2. The van der Waals surface area contributed by atoms with Crippen LogP contribution in [0.2, 0.25) is 0 Å². The van der Waals surface area contributed by atoms with Crippen molar-refractivity contribution >= 4 is 0 Å². The van der Waals surface area contributed by atoms with Gasteiger partial charge >= 0.3 is 0 Å². The van der Waals surface area contributed by atoms with Crippen LogP contribution in [-0.2, 0) is 0 Å². The first kappa shape index (κ1) is 9.17. The van der Waals surface area contributed by atoms with Crippen molar-refractivity contribution in [1.29, 1.82) is 0 Å². The molecule has 2 bridgehead atoms. The normalized spacial score (nSPS) is 44.8. The van der Waals surface area contributed by atoms with Crippen molar-refractivity contribution in [3.8, 4) is 0 Å². The van der Waals surface area contributed by atoms with Crippen molar-refractivity contribution in [1.82, 2.24) is 9.80 Å². The standard InChI is InChI=1S/C12H22N2/c1-13-7-10-6-11(9-13)12-4-2-3-5-14(12)8-10/h10-12H,2-9H2,1H3/t10?,11-,12-/m1/s1. The van der Waals surface area contributed by atoms with E-state index in [-0.39, 0.29) is 0 Å². The van der Waals surface area contributed by atoms with Crippen molar-refractivity contribution in [2.24, 2.45) is 11.8 Å². The lowest BCUT2D eigenvalue weighted by atomic mass is 9.76. The minimum absolute atomic E-state index is 0.947. The summed E-state index contributed by atoms with van der Waals surface area (Å²) < 4.78 is 0. The van der Waals surface area contributed by atoms with Gasteiger partial charge in [-0.3, -0.25) is 4.90 Å². The first-order valence-corrected chi connectivity index (χ1v) is 6.25. The zero-order valence-corrected chi connectivity index (χ0v) is 9.28. The molecule has 0 spiro atoms. The molecule has 0 saturated carbocycles. The Bertz CT molecular complexity index is 214. The average Bonchev–Trinajstić information content (AvgIpc) is 2.17. The summed E-state index contributed by atoms with van der Waals surface area (Å²) in [7, 11) is 2.30. The topological polar surface area (TPSA) is 6.48 Å². The molecule has 0 aliphatic carbocycles. The van der Waals surface area contributed by atoms with Crippen LogP contribution in [0.4, 0.5) is 0 Å². The number of piperidine rings is 3. The van der Waals surface area contributed by atoms with Crippen LogP contribution >= 0.6 is 0 Å². The highest BCUT2D eigenvalue weighted by molar-refractivity contribution is 4.94. The first-order chi connectivity index (χ1) is 6.83. The maximum atomic E-state index is 2.80. The van der Waals surface area contributed by atoms with Crippen LogP contribution in [0.25, 0.3) is 0 Å². The van der Waals surface area contributed by atoms with Gasteiger partial charge in [-0.25, -0.2) is 0 Å². The smallest absolute Gasteiger partial charge is 0.0136 e. The van der Waals surface area contributed by atoms with E-state index in [4.69, 9.17) is 0 Å². The predicted octanol–water partition coefficient (Wildman–Crippen LogP) is 1.42. The number of likely N-dealkylation sites (tertiary alicyclic amines) is 1. The van der Waals surface area contributed by atoms with Crippen molar-refractivity contribution < 1.29 is 0 Å². The molecule has 0 aromatic carbocycles. The average molecular weight is 194 g/mol. The number of nitrogens with zero attached hydrogens (tertiary/aromatic N) is 2. The summed E-state index contributed by atoms with van der Waals surface area (Å²) in [6.07, 6.45) is 5.93. The summed E-state index contributed by atoms with van der Waals surface area (Å²) in [6.45, 7) is 5.49. The van der Waals surface area contributed by atoms with E-state index in [0.29, 0.717) is 0 Å². The van der Waals surface area contributed by atoms with E-state index in [1.54, 1.807) is 0 Å².